The minimum Gasteiger partial charge on any atom is -0.335 e. The molecule has 1 saturated heterocycles. The number of thioether (sulfide) groups is 1. The van der Waals surface area contributed by atoms with Crippen molar-refractivity contribution >= 4 is 23.0 Å². The van der Waals surface area contributed by atoms with Crippen LogP contribution in [0.3, 0.4) is 0 Å². The van der Waals surface area contributed by atoms with Gasteiger partial charge < -0.3 is 5.32 Å². The van der Waals surface area contributed by atoms with Gasteiger partial charge in [-0.15, -0.1) is 0 Å². The molecule has 0 spiro atoms. The lowest BCUT2D eigenvalue weighted by Crippen LogP contribution is -2.48. The van der Waals surface area contributed by atoms with E-state index in [9.17, 15) is 9.59 Å². The molecule has 23 heavy (non-hydrogen) atoms. The smallest absolute Gasteiger partial charge is 0.325 e. The van der Waals surface area contributed by atoms with E-state index in [2.05, 4.69) is 29.6 Å². The molecule has 0 radical (unpaired) electrons. The summed E-state index contributed by atoms with van der Waals surface area (Å²) < 4.78 is 0. The third kappa shape index (κ3) is 3.55. The van der Waals surface area contributed by atoms with Gasteiger partial charge in [0.1, 0.15) is 0 Å². The number of carbonyl (C=O) groups is 2. The lowest BCUT2D eigenvalue weighted by Gasteiger charge is -2.27. The van der Waals surface area contributed by atoms with Crippen molar-refractivity contribution in [3.05, 3.63) is 35.4 Å². The zero-order valence-corrected chi connectivity index (χ0v) is 14.6. The summed E-state index contributed by atoms with van der Waals surface area (Å²) in [5.74, 6) is 0. The number of imide groups is 1. The molecule has 0 bridgehead atoms. The van der Waals surface area contributed by atoms with Crippen molar-refractivity contribution in [2.45, 2.75) is 63.3 Å². The summed E-state index contributed by atoms with van der Waals surface area (Å²) in [5.41, 5.74) is 2.30. The number of aryl methyl sites for hydroxylation is 1. The first kappa shape index (κ1) is 16.4. The topological polar surface area (TPSA) is 49.4 Å². The maximum absolute atomic E-state index is 12.5. The summed E-state index contributed by atoms with van der Waals surface area (Å²) >= 11 is 1.26. The monoisotopic (exact) mass is 332 g/mol. The van der Waals surface area contributed by atoms with Crippen LogP contribution in [0.15, 0.2) is 24.3 Å². The van der Waals surface area contributed by atoms with Crippen LogP contribution in [0.4, 0.5) is 9.59 Å². The summed E-state index contributed by atoms with van der Waals surface area (Å²) in [4.78, 5) is 26.3. The lowest BCUT2D eigenvalue weighted by molar-refractivity contribution is 0.184. The molecule has 0 aromatic heterocycles. The van der Waals surface area contributed by atoms with Gasteiger partial charge in [-0.1, -0.05) is 60.9 Å². The van der Waals surface area contributed by atoms with Crippen LogP contribution in [0.25, 0.3) is 0 Å². The number of hydrogen-bond donors (Lipinski definition) is 1. The Morgan fingerprint density at radius 2 is 1.83 bits per heavy atom. The van der Waals surface area contributed by atoms with Crippen LogP contribution >= 0.6 is 11.8 Å². The van der Waals surface area contributed by atoms with Crippen LogP contribution in [-0.4, -0.2) is 28.3 Å². The number of nitrogens with one attached hydrogen (secondary N) is 1. The third-order valence-electron chi connectivity index (χ3n) is 4.83. The minimum atomic E-state index is -0.225. The minimum absolute atomic E-state index is 0.0141. The Kier molecular flexibility index (Phi) is 4.95. The highest BCUT2D eigenvalue weighted by atomic mass is 32.2. The first-order chi connectivity index (χ1) is 11.1. The summed E-state index contributed by atoms with van der Waals surface area (Å²) in [6.45, 7) is 4.01. The molecule has 124 valence electrons. The Morgan fingerprint density at radius 3 is 2.48 bits per heavy atom. The molecule has 4 nitrogen and oxygen atoms in total. The number of hydrogen-bond acceptors (Lipinski definition) is 3. The molecule has 0 unspecified atom stereocenters. The number of urea groups is 1. The van der Waals surface area contributed by atoms with Crippen LogP contribution in [-0.2, 0) is 0 Å². The highest BCUT2D eigenvalue weighted by Crippen LogP contribution is 2.43. The second-order valence-electron chi connectivity index (χ2n) is 6.61. The van der Waals surface area contributed by atoms with E-state index in [0.717, 1.165) is 31.2 Å². The Morgan fingerprint density at radius 1 is 1.17 bits per heavy atom. The van der Waals surface area contributed by atoms with E-state index >= 15 is 0 Å². The van der Waals surface area contributed by atoms with Crippen molar-refractivity contribution in [2.75, 3.05) is 0 Å². The summed E-state index contributed by atoms with van der Waals surface area (Å²) in [5, 5.41) is 2.93. The van der Waals surface area contributed by atoms with E-state index < -0.39 is 0 Å². The number of benzene rings is 1. The van der Waals surface area contributed by atoms with Crippen molar-refractivity contribution in [3.8, 4) is 0 Å². The van der Waals surface area contributed by atoms with Crippen LogP contribution in [0.2, 0.25) is 0 Å². The molecule has 1 aliphatic heterocycles. The molecule has 1 aromatic carbocycles. The molecule has 1 aliphatic carbocycles. The Hall–Kier alpha value is -1.49. The van der Waals surface area contributed by atoms with Gasteiger partial charge in [0, 0.05) is 6.04 Å². The fraction of sp³-hybridized carbons (Fsp3) is 0.556. The van der Waals surface area contributed by atoms with E-state index in [-0.39, 0.29) is 28.6 Å². The normalized spacial score (nSPS) is 25.7. The molecule has 2 atom stereocenters. The zero-order valence-electron chi connectivity index (χ0n) is 13.7. The molecule has 3 rings (SSSR count). The summed E-state index contributed by atoms with van der Waals surface area (Å²) in [6, 6.07) is 8.09. The SMILES string of the molecule is Cc1ccc([C@H]2SC(=O)N(C(=O)NC3CCCCC3)[C@@H]2C)cc1. The van der Waals surface area contributed by atoms with Gasteiger partial charge in [-0.05, 0) is 32.3 Å². The van der Waals surface area contributed by atoms with Gasteiger partial charge in [0.15, 0.2) is 0 Å². The standard InChI is InChI=1S/C18H24N2O2S/c1-12-8-10-14(11-9-12)16-13(2)20(18(22)23-16)17(21)19-15-6-4-3-5-7-15/h8-11,13,15-16H,3-7H2,1-2H3,(H,19,21)/t13-,16+/m1/s1. The highest BCUT2D eigenvalue weighted by molar-refractivity contribution is 8.14. The van der Waals surface area contributed by atoms with Crippen molar-refractivity contribution in [1.82, 2.24) is 10.2 Å². The molecule has 5 heteroatoms. The summed E-state index contributed by atoms with van der Waals surface area (Å²) in [7, 11) is 0. The van der Waals surface area contributed by atoms with E-state index in [1.165, 1.54) is 28.6 Å². The zero-order chi connectivity index (χ0) is 16.4. The van der Waals surface area contributed by atoms with Crippen LogP contribution in [0.5, 0.6) is 0 Å². The molecule has 1 N–H and O–H groups in total. The largest absolute Gasteiger partial charge is 0.335 e. The lowest BCUT2D eigenvalue weighted by atomic mass is 9.96. The van der Waals surface area contributed by atoms with Gasteiger partial charge in [0.25, 0.3) is 5.24 Å². The first-order valence-electron chi connectivity index (χ1n) is 8.43. The number of amides is 3. The molecular weight excluding hydrogens is 308 g/mol. The number of rotatable bonds is 2. The first-order valence-corrected chi connectivity index (χ1v) is 9.31. The number of nitrogens with zero attached hydrogens (tertiary/aromatic N) is 1. The van der Waals surface area contributed by atoms with Crippen LogP contribution in [0, 0.1) is 6.92 Å². The van der Waals surface area contributed by atoms with Gasteiger partial charge in [-0.3, -0.25) is 9.69 Å². The molecule has 1 heterocycles. The molecular formula is C18H24N2O2S. The Bertz CT molecular complexity index is 581. The van der Waals surface area contributed by atoms with Crippen molar-refractivity contribution in [1.29, 1.82) is 0 Å². The second-order valence-corrected chi connectivity index (χ2v) is 7.70. The quantitative estimate of drug-likeness (QED) is 0.858. The maximum Gasteiger partial charge on any atom is 0.325 e. The molecule has 2 aliphatic rings. The van der Waals surface area contributed by atoms with Gasteiger partial charge >= 0.3 is 6.03 Å². The van der Waals surface area contributed by atoms with E-state index in [1.807, 2.05) is 13.8 Å². The van der Waals surface area contributed by atoms with Gasteiger partial charge in [-0.25, -0.2) is 4.79 Å². The van der Waals surface area contributed by atoms with Crippen molar-refractivity contribution < 1.29 is 9.59 Å². The Labute approximate surface area is 142 Å². The predicted octanol–water partition coefficient (Wildman–Crippen LogP) is 4.64. The molecule has 1 saturated carbocycles. The van der Waals surface area contributed by atoms with Crippen LogP contribution in [0.1, 0.15) is 55.4 Å². The van der Waals surface area contributed by atoms with E-state index in [1.54, 1.807) is 0 Å². The number of carbonyl (C=O) groups excluding carboxylic acids is 2. The average Bonchev–Trinajstić information content (AvgIpc) is 2.84. The van der Waals surface area contributed by atoms with E-state index in [0.29, 0.717) is 0 Å². The molecule has 2 fully saturated rings. The van der Waals surface area contributed by atoms with Crippen molar-refractivity contribution in [2.24, 2.45) is 0 Å². The third-order valence-corrected chi connectivity index (χ3v) is 6.15. The summed E-state index contributed by atoms with van der Waals surface area (Å²) in [6.07, 6.45) is 5.62. The van der Waals surface area contributed by atoms with E-state index in [4.69, 9.17) is 0 Å². The van der Waals surface area contributed by atoms with Gasteiger partial charge in [0.05, 0.1) is 11.3 Å². The average molecular weight is 332 g/mol. The highest BCUT2D eigenvalue weighted by Gasteiger charge is 2.42. The van der Waals surface area contributed by atoms with Crippen LogP contribution < -0.4 is 5.32 Å². The van der Waals surface area contributed by atoms with Crippen molar-refractivity contribution in [3.63, 3.8) is 0 Å². The predicted molar refractivity (Wildman–Crippen MR) is 93.6 cm³/mol. The molecule has 3 amide bonds. The van der Waals surface area contributed by atoms with Gasteiger partial charge in [0.2, 0.25) is 0 Å². The fourth-order valence-electron chi connectivity index (χ4n) is 3.43. The maximum atomic E-state index is 12.5. The fourth-order valence-corrected chi connectivity index (χ4v) is 4.62. The van der Waals surface area contributed by atoms with Gasteiger partial charge in [-0.2, -0.15) is 0 Å². The second kappa shape index (κ2) is 6.95. The molecule has 1 aromatic rings. The Balaban J connectivity index is 1.69.